The van der Waals surface area contributed by atoms with Gasteiger partial charge in [-0.15, -0.1) is 0 Å². The molecule has 1 aromatic carbocycles. The predicted molar refractivity (Wildman–Crippen MR) is 85.3 cm³/mol. The highest BCUT2D eigenvalue weighted by Crippen LogP contribution is 2.38. The molecule has 0 aromatic heterocycles. The number of hydrogen-bond acceptors (Lipinski definition) is 4. The van der Waals surface area contributed by atoms with E-state index < -0.39 is 16.6 Å². The van der Waals surface area contributed by atoms with E-state index >= 15 is 0 Å². The number of nitrogens with zero attached hydrogens (tertiary/aromatic N) is 1. The van der Waals surface area contributed by atoms with Gasteiger partial charge in [-0.25, -0.2) is 4.39 Å². The molecule has 7 heteroatoms. The molecule has 1 aliphatic carbocycles. The first kappa shape index (κ1) is 16.8. The topological polar surface area (TPSA) is 81.5 Å². The van der Waals surface area contributed by atoms with Crippen LogP contribution in [0.25, 0.3) is 0 Å². The lowest BCUT2D eigenvalue weighted by Crippen LogP contribution is -2.49. The van der Waals surface area contributed by atoms with Gasteiger partial charge in [0.25, 0.3) is 11.6 Å². The zero-order valence-corrected chi connectivity index (χ0v) is 13.4. The molecule has 1 saturated carbocycles. The van der Waals surface area contributed by atoms with Gasteiger partial charge in [-0.1, -0.05) is 19.3 Å². The summed E-state index contributed by atoms with van der Waals surface area (Å²) in [6.45, 7) is 0.566. The van der Waals surface area contributed by atoms with Crippen LogP contribution in [0.15, 0.2) is 18.2 Å². The molecule has 2 aliphatic rings. The molecular formula is C17H21FN2O4. The molecule has 3 rings (SSSR count). The maximum absolute atomic E-state index is 13.4. The van der Waals surface area contributed by atoms with Crippen LogP contribution >= 0.6 is 0 Å². The molecule has 1 atom stereocenters. The number of halogens is 1. The van der Waals surface area contributed by atoms with Crippen molar-refractivity contribution in [1.29, 1.82) is 0 Å². The van der Waals surface area contributed by atoms with Gasteiger partial charge in [-0.05, 0) is 37.8 Å². The van der Waals surface area contributed by atoms with Gasteiger partial charge in [-0.3, -0.25) is 14.9 Å². The lowest BCUT2D eigenvalue weighted by Gasteiger charge is -2.43. The van der Waals surface area contributed by atoms with E-state index in [0.717, 1.165) is 43.9 Å². The first-order valence-corrected chi connectivity index (χ1v) is 8.38. The largest absolute Gasteiger partial charge is 0.375 e. The Morgan fingerprint density at radius 2 is 2.08 bits per heavy atom. The van der Waals surface area contributed by atoms with Crippen molar-refractivity contribution in [3.05, 3.63) is 39.7 Å². The molecule has 2 fully saturated rings. The monoisotopic (exact) mass is 336 g/mol. The molecule has 1 amide bonds. The number of ether oxygens (including phenoxy) is 1. The minimum Gasteiger partial charge on any atom is -0.375 e. The average Bonchev–Trinajstić information content (AvgIpc) is 2.55. The number of nitrogens with one attached hydrogen (secondary N) is 1. The highest BCUT2D eigenvalue weighted by molar-refractivity contribution is 5.98. The zero-order valence-electron chi connectivity index (χ0n) is 13.4. The molecule has 1 aliphatic heterocycles. The van der Waals surface area contributed by atoms with Crippen LogP contribution < -0.4 is 5.32 Å². The second-order valence-corrected chi connectivity index (χ2v) is 6.67. The normalized spacial score (nSPS) is 23.0. The Bertz CT molecular complexity index is 638. The van der Waals surface area contributed by atoms with Crippen molar-refractivity contribution in [2.75, 3.05) is 6.61 Å². The van der Waals surface area contributed by atoms with E-state index in [1.807, 2.05) is 0 Å². The predicted octanol–water partition coefficient (Wildman–Crippen LogP) is 3.35. The highest BCUT2D eigenvalue weighted by Gasteiger charge is 2.39. The minimum absolute atomic E-state index is 0.104. The number of nitro benzene ring substituents is 1. The molecular weight excluding hydrogens is 315 g/mol. The van der Waals surface area contributed by atoms with Gasteiger partial charge in [0.2, 0.25) is 0 Å². The minimum atomic E-state index is -0.666. The maximum Gasteiger partial charge on any atom is 0.282 e. The number of nitro groups is 1. The van der Waals surface area contributed by atoms with E-state index in [9.17, 15) is 19.3 Å². The third-order valence-electron chi connectivity index (χ3n) is 4.99. The third kappa shape index (κ3) is 3.56. The maximum atomic E-state index is 13.4. The van der Waals surface area contributed by atoms with Crippen molar-refractivity contribution >= 4 is 11.6 Å². The Kier molecular flexibility index (Phi) is 4.80. The van der Waals surface area contributed by atoms with Crippen molar-refractivity contribution in [2.24, 2.45) is 0 Å². The standard InChI is InChI=1S/C17H21FN2O4/c18-12-4-5-15(20(22)23)14(10-12)16(21)19-13-6-9-24-17(11-13)7-2-1-3-8-17/h4-5,10,13H,1-3,6-9,11H2,(H,19,21)/t13-/m1/s1. The summed E-state index contributed by atoms with van der Waals surface area (Å²) >= 11 is 0. The number of amides is 1. The van der Waals surface area contributed by atoms with Crippen LogP contribution in [-0.4, -0.2) is 29.1 Å². The second kappa shape index (κ2) is 6.84. The van der Waals surface area contributed by atoms with E-state index in [1.54, 1.807) is 0 Å². The smallest absolute Gasteiger partial charge is 0.282 e. The number of hydrogen-bond donors (Lipinski definition) is 1. The Balaban J connectivity index is 1.73. The Labute approximate surface area is 139 Å². The fourth-order valence-corrected chi connectivity index (χ4v) is 3.81. The van der Waals surface area contributed by atoms with Crippen LogP contribution in [0.4, 0.5) is 10.1 Å². The average molecular weight is 336 g/mol. The van der Waals surface area contributed by atoms with E-state index in [-0.39, 0.29) is 22.9 Å². The summed E-state index contributed by atoms with van der Waals surface area (Å²) in [5.74, 6) is -1.26. The van der Waals surface area contributed by atoms with Crippen molar-refractivity contribution in [3.63, 3.8) is 0 Å². The summed E-state index contributed by atoms with van der Waals surface area (Å²) in [5.41, 5.74) is -0.792. The number of benzene rings is 1. The van der Waals surface area contributed by atoms with Crippen molar-refractivity contribution in [3.8, 4) is 0 Å². The summed E-state index contributed by atoms with van der Waals surface area (Å²) in [6.07, 6.45) is 6.79. The fraction of sp³-hybridized carbons (Fsp3) is 0.588. The van der Waals surface area contributed by atoms with Crippen molar-refractivity contribution in [1.82, 2.24) is 5.32 Å². The van der Waals surface area contributed by atoms with E-state index in [0.29, 0.717) is 19.4 Å². The van der Waals surface area contributed by atoms with E-state index in [1.165, 1.54) is 6.42 Å². The SMILES string of the molecule is O=C(N[C@@H]1CCOC2(CCCCC2)C1)c1cc(F)ccc1[N+](=O)[O-]. The fourth-order valence-electron chi connectivity index (χ4n) is 3.81. The van der Waals surface area contributed by atoms with E-state index in [2.05, 4.69) is 5.32 Å². The number of carbonyl (C=O) groups excluding carboxylic acids is 1. The molecule has 130 valence electrons. The van der Waals surface area contributed by atoms with Gasteiger partial charge in [-0.2, -0.15) is 0 Å². The van der Waals surface area contributed by atoms with Gasteiger partial charge >= 0.3 is 0 Å². The Morgan fingerprint density at radius 1 is 1.33 bits per heavy atom. The summed E-state index contributed by atoms with van der Waals surface area (Å²) in [6, 6.07) is 2.83. The summed E-state index contributed by atoms with van der Waals surface area (Å²) in [5, 5.41) is 13.9. The van der Waals surface area contributed by atoms with Gasteiger partial charge in [0.15, 0.2) is 0 Å². The molecule has 1 aromatic rings. The van der Waals surface area contributed by atoms with Gasteiger partial charge in [0, 0.05) is 18.7 Å². The van der Waals surface area contributed by atoms with Crippen LogP contribution in [-0.2, 0) is 4.74 Å². The summed E-state index contributed by atoms with van der Waals surface area (Å²) in [4.78, 5) is 22.8. The Morgan fingerprint density at radius 3 is 2.79 bits per heavy atom. The van der Waals surface area contributed by atoms with Gasteiger partial charge < -0.3 is 10.1 Å². The zero-order chi connectivity index (χ0) is 17.2. The Hall–Kier alpha value is -2.02. The van der Waals surface area contributed by atoms with Gasteiger partial charge in [0.05, 0.1) is 10.5 Å². The van der Waals surface area contributed by atoms with E-state index in [4.69, 9.17) is 4.74 Å². The molecule has 1 N–H and O–H groups in total. The van der Waals surface area contributed by atoms with Crippen LogP contribution in [0.3, 0.4) is 0 Å². The molecule has 1 saturated heterocycles. The molecule has 24 heavy (non-hydrogen) atoms. The van der Waals surface area contributed by atoms with Crippen LogP contribution in [0.1, 0.15) is 55.3 Å². The first-order valence-electron chi connectivity index (χ1n) is 8.38. The van der Waals surface area contributed by atoms with Crippen LogP contribution in [0.2, 0.25) is 0 Å². The summed E-state index contributed by atoms with van der Waals surface area (Å²) < 4.78 is 19.4. The lowest BCUT2D eigenvalue weighted by atomic mass is 9.78. The number of carbonyl (C=O) groups is 1. The quantitative estimate of drug-likeness (QED) is 0.678. The highest BCUT2D eigenvalue weighted by atomic mass is 19.1. The second-order valence-electron chi connectivity index (χ2n) is 6.67. The van der Waals surface area contributed by atoms with Gasteiger partial charge in [0.1, 0.15) is 11.4 Å². The first-order chi connectivity index (χ1) is 11.5. The molecule has 0 bridgehead atoms. The van der Waals surface area contributed by atoms with Crippen molar-refractivity contribution < 1.29 is 18.8 Å². The molecule has 1 spiro atoms. The molecule has 0 unspecified atom stereocenters. The molecule has 1 heterocycles. The third-order valence-corrected chi connectivity index (χ3v) is 4.99. The number of rotatable bonds is 3. The van der Waals surface area contributed by atoms with Crippen molar-refractivity contribution in [2.45, 2.75) is 56.6 Å². The lowest BCUT2D eigenvalue weighted by molar-refractivity contribution is -0.385. The molecule has 6 nitrogen and oxygen atoms in total. The van der Waals surface area contributed by atoms with Crippen LogP contribution in [0.5, 0.6) is 0 Å². The van der Waals surface area contributed by atoms with Crippen LogP contribution in [0, 0.1) is 15.9 Å². The summed E-state index contributed by atoms with van der Waals surface area (Å²) in [7, 11) is 0. The molecule has 0 radical (unpaired) electrons.